The van der Waals surface area contributed by atoms with Gasteiger partial charge in [-0.3, -0.25) is 9.31 Å². The molecule has 38 heavy (non-hydrogen) atoms. The van der Waals surface area contributed by atoms with Crippen molar-refractivity contribution in [3.8, 4) is 5.75 Å². The van der Waals surface area contributed by atoms with Crippen molar-refractivity contribution in [2.24, 2.45) is 11.3 Å². The zero-order chi connectivity index (χ0) is 28.3. The maximum Gasteiger partial charge on any atom is 0.427 e. The molecule has 1 unspecified atom stereocenters. The highest BCUT2D eigenvalue weighted by atomic mass is 32.2. The summed E-state index contributed by atoms with van der Waals surface area (Å²) in [7, 11) is -0.187. The van der Waals surface area contributed by atoms with E-state index in [-0.39, 0.29) is 34.9 Å². The normalized spacial score (nSPS) is 24.2. The maximum atomic E-state index is 14.6. The minimum Gasteiger partial charge on any atom is -0.476 e. The summed E-state index contributed by atoms with van der Waals surface area (Å²) >= 11 is 0. The lowest BCUT2D eigenvalue weighted by molar-refractivity contribution is -0.206. The second-order valence-corrected chi connectivity index (χ2v) is 12.5. The summed E-state index contributed by atoms with van der Waals surface area (Å²) in [6.07, 6.45) is -3.79. The van der Waals surface area contributed by atoms with E-state index in [0.717, 1.165) is 25.2 Å². The summed E-state index contributed by atoms with van der Waals surface area (Å²) in [5.41, 5.74) is 6.23. The number of aromatic amines is 1. The molecule has 0 bridgehead atoms. The van der Waals surface area contributed by atoms with Crippen molar-refractivity contribution in [1.29, 1.82) is 0 Å². The topological polar surface area (TPSA) is 122 Å². The molecule has 6 atom stereocenters. The molecule has 0 aliphatic carbocycles. The van der Waals surface area contributed by atoms with Crippen LogP contribution in [0.5, 0.6) is 5.75 Å². The van der Waals surface area contributed by atoms with Gasteiger partial charge in [-0.2, -0.15) is 18.3 Å². The number of methoxy groups -OCH3 is 1. The molecule has 2 aromatic rings. The summed E-state index contributed by atoms with van der Waals surface area (Å²) in [5, 5.41) is 21.5. The Balaban J connectivity index is 1.81. The number of aromatic nitrogens is 2. The SMILES string of the molecule is COC[C@@H](Oc1cc(C[C@@H]2C[S@@](=O)C[C@H](NC(CC(C)(C)C)c3cn[nH]c3)[C@H]2O)cc(F)c1N)C(F)(F)F. The first-order valence-corrected chi connectivity index (χ1v) is 13.7. The lowest BCUT2D eigenvalue weighted by atomic mass is 9.85. The van der Waals surface area contributed by atoms with Gasteiger partial charge in [0.1, 0.15) is 17.3 Å². The number of aliphatic hydroxyl groups excluding tert-OH is 1. The number of nitrogen functional groups attached to an aromatic ring is 1. The number of anilines is 1. The van der Waals surface area contributed by atoms with Gasteiger partial charge in [-0.25, -0.2) is 4.39 Å². The van der Waals surface area contributed by atoms with Crippen LogP contribution in [0, 0.1) is 17.2 Å². The number of hydrogen-bond acceptors (Lipinski definition) is 7. The van der Waals surface area contributed by atoms with Crippen molar-refractivity contribution in [2.45, 2.75) is 64.1 Å². The molecule has 1 aliphatic heterocycles. The number of aliphatic hydroxyl groups is 1. The highest BCUT2D eigenvalue weighted by Crippen LogP contribution is 2.34. The molecule has 0 saturated carbocycles. The quantitative estimate of drug-likeness (QED) is 0.257. The lowest BCUT2D eigenvalue weighted by Gasteiger charge is -2.38. The van der Waals surface area contributed by atoms with Gasteiger partial charge in [0.2, 0.25) is 6.10 Å². The molecule has 214 valence electrons. The van der Waals surface area contributed by atoms with Crippen molar-refractivity contribution in [3.05, 3.63) is 41.5 Å². The molecular formula is C25H36F4N4O4S. The average molecular weight is 565 g/mol. The number of rotatable bonds is 10. The van der Waals surface area contributed by atoms with Crippen LogP contribution in [0.2, 0.25) is 0 Å². The standard InChI is InChI=1S/C25H36F4N4O4S/c1-24(2,3)8-18(16-9-31-32-10-16)33-19-13-38(35)12-15(23(19)34)5-14-6-17(26)22(30)20(7-14)37-21(11-36-4)25(27,28)29/h6-7,9-10,15,18-19,21,23,33-34H,5,8,11-13,30H2,1-4H3,(H,31,32)/t15-,18?,19+,21-,23+,38-/m1/s1. The third-order valence-corrected chi connectivity index (χ3v) is 7.95. The highest BCUT2D eigenvalue weighted by Gasteiger charge is 2.42. The van der Waals surface area contributed by atoms with Crippen LogP contribution < -0.4 is 15.8 Å². The summed E-state index contributed by atoms with van der Waals surface area (Å²) < 4.78 is 77.0. The Labute approximate surface area is 222 Å². The number of ether oxygens (including phenoxy) is 2. The van der Waals surface area contributed by atoms with E-state index >= 15 is 0 Å². The van der Waals surface area contributed by atoms with Gasteiger partial charge in [0, 0.05) is 59.2 Å². The van der Waals surface area contributed by atoms with Gasteiger partial charge in [-0.05, 0) is 36.0 Å². The van der Waals surface area contributed by atoms with Gasteiger partial charge in [0.15, 0.2) is 0 Å². The van der Waals surface area contributed by atoms with Gasteiger partial charge in [-0.15, -0.1) is 0 Å². The first-order valence-electron chi connectivity index (χ1n) is 12.3. The van der Waals surface area contributed by atoms with Crippen LogP contribution in [-0.4, -0.2) is 69.2 Å². The van der Waals surface area contributed by atoms with Crippen LogP contribution in [-0.2, 0) is 22.0 Å². The predicted octanol–water partition coefficient (Wildman–Crippen LogP) is 3.50. The Morgan fingerprint density at radius 1 is 1.29 bits per heavy atom. The number of benzene rings is 1. The Morgan fingerprint density at radius 2 is 2.00 bits per heavy atom. The van der Waals surface area contributed by atoms with E-state index in [4.69, 9.17) is 10.5 Å². The third kappa shape index (κ3) is 8.14. The fourth-order valence-electron chi connectivity index (χ4n) is 4.62. The number of hydrogen-bond donors (Lipinski definition) is 4. The largest absolute Gasteiger partial charge is 0.476 e. The molecule has 0 spiro atoms. The highest BCUT2D eigenvalue weighted by molar-refractivity contribution is 7.85. The van der Waals surface area contributed by atoms with Crippen LogP contribution in [0.4, 0.5) is 23.2 Å². The molecule has 3 rings (SSSR count). The van der Waals surface area contributed by atoms with Crippen molar-refractivity contribution in [3.63, 3.8) is 0 Å². The van der Waals surface area contributed by atoms with E-state index in [2.05, 4.69) is 41.0 Å². The molecular weight excluding hydrogens is 528 g/mol. The van der Waals surface area contributed by atoms with Crippen molar-refractivity contribution in [1.82, 2.24) is 15.5 Å². The van der Waals surface area contributed by atoms with E-state index in [1.807, 2.05) is 0 Å². The van der Waals surface area contributed by atoms with E-state index in [0.29, 0.717) is 0 Å². The first kappa shape index (κ1) is 30.3. The molecule has 0 radical (unpaired) electrons. The van der Waals surface area contributed by atoms with Crippen LogP contribution in [0.15, 0.2) is 24.5 Å². The van der Waals surface area contributed by atoms with Crippen LogP contribution in [0.1, 0.15) is 44.4 Å². The number of nitrogens with one attached hydrogen (secondary N) is 2. The molecule has 1 aliphatic rings. The summed E-state index contributed by atoms with van der Waals surface area (Å²) in [5.74, 6) is -1.57. The van der Waals surface area contributed by atoms with Gasteiger partial charge < -0.3 is 25.6 Å². The fourth-order valence-corrected chi connectivity index (χ4v) is 6.24. The average Bonchev–Trinajstić information content (AvgIpc) is 3.33. The fraction of sp³-hybridized carbons (Fsp3) is 0.640. The lowest BCUT2D eigenvalue weighted by Crippen LogP contribution is -2.54. The molecule has 8 nitrogen and oxygen atoms in total. The zero-order valence-electron chi connectivity index (χ0n) is 21.8. The van der Waals surface area contributed by atoms with Gasteiger partial charge in [-0.1, -0.05) is 20.8 Å². The summed E-state index contributed by atoms with van der Waals surface area (Å²) in [6, 6.07) is 1.63. The summed E-state index contributed by atoms with van der Waals surface area (Å²) in [6.45, 7) is 5.47. The molecule has 2 heterocycles. The molecule has 5 N–H and O–H groups in total. The second kappa shape index (κ2) is 12.3. The predicted molar refractivity (Wildman–Crippen MR) is 137 cm³/mol. The van der Waals surface area contributed by atoms with Crippen LogP contribution in [0.25, 0.3) is 0 Å². The molecule has 13 heteroatoms. The van der Waals surface area contributed by atoms with Gasteiger partial charge in [0.25, 0.3) is 0 Å². The summed E-state index contributed by atoms with van der Waals surface area (Å²) in [4.78, 5) is 0. The molecule has 0 amide bonds. The molecule has 1 fully saturated rings. The smallest absolute Gasteiger partial charge is 0.427 e. The Kier molecular flexibility index (Phi) is 9.82. The van der Waals surface area contributed by atoms with E-state index < -0.39 is 65.0 Å². The Morgan fingerprint density at radius 3 is 2.58 bits per heavy atom. The second-order valence-electron chi connectivity index (χ2n) is 10.9. The van der Waals surface area contributed by atoms with Crippen molar-refractivity contribution >= 4 is 16.5 Å². The number of H-pyrrole nitrogens is 1. The maximum absolute atomic E-state index is 14.6. The monoisotopic (exact) mass is 564 g/mol. The number of nitrogens with two attached hydrogens (primary N) is 1. The van der Waals surface area contributed by atoms with Gasteiger partial charge >= 0.3 is 6.18 Å². The first-order chi connectivity index (χ1) is 17.7. The van der Waals surface area contributed by atoms with Gasteiger partial charge in [0.05, 0.1) is 18.9 Å². The third-order valence-electron chi connectivity index (χ3n) is 6.42. The van der Waals surface area contributed by atoms with E-state index in [1.165, 1.54) is 6.07 Å². The van der Waals surface area contributed by atoms with E-state index in [1.54, 1.807) is 12.4 Å². The van der Waals surface area contributed by atoms with Crippen LogP contribution >= 0.6 is 0 Å². The number of alkyl halides is 3. The Hall–Kier alpha value is -2.22. The van der Waals surface area contributed by atoms with E-state index in [9.17, 15) is 26.9 Å². The molecule has 1 aromatic carbocycles. The minimum atomic E-state index is -4.76. The zero-order valence-corrected chi connectivity index (χ0v) is 22.7. The number of halogens is 4. The Bertz CT molecular complexity index is 1080. The van der Waals surface area contributed by atoms with Crippen LogP contribution in [0.3, 0.4) is 0 Å². The molecule has 1 aromatic heterocycles. The molecule has 1 saturated heterocycles. The van der Waals surface area contributed by atoms with Crippen molar-refractivity contribution < 1.29 is 36.4 Å². The number of nitrogens with zero attached hydrogens (tertiary/aromatic N) is 1. The van der Waals surface area contributed by atoms with Crippen molar-refractivity contribution in [2.75, 3.05) is 31.0 Å². The minimum absolute atomic E-state index is 0.0535.